The Hall–Kier alpha value is -2.30. The summed E-state index contributed by atoms with van der Waals surface area (Å²) in [5.74, 6) is 0.0204. The molecule has 0 unspecified atom stereocenters. The highest BCUT2D eigenvalue weighted by Gasteiger charge is 2.31. The van der Waals surface area contributed by atoms with E-state index in [1.54, 1.807) is 17.0 Å². The van der Waals surface area contributed by atoms with E-state index in [0.29, 0.717) is 43.3 Å². The Morgan fingerprint density at radius 3 is 2.45 bits per heavy atom. The van der Waals surface area contributed by atoms with Crippen LogP contribution in [-0.4, -0.2) is 54.1 Å². The summed E-state index contributed by atoms with van der Waals surface area (Å²) in [6.45, 7) is 2.09. The average Bonchev–Trinajstić information content (AvgIpc) is 3.31. The number of sulfonamides is 1. The molecule has 1 aromatic heterocycles. The largest absolute Gasteiger partial charge is 0.333 e. The van der Waals surface area contributed by atoms with E-state index >= 15 is 0 Å². The average molecular weight is 461 g/mol. The first-order chi connectivity index (χ1) is 14.9. The minimum absolute atomic E-state index is 0.0306. The molecule has 3 heterocycles. The number of thiazole rings is 1. The summed E-state index contributed by atoms with van der Waals surface area (Å²) in [6.07, 6.45) is 4.29. The summed E-state index contributed by atoms with van der Waals surface area (Å²) in [5, 5.41) is 3.49. The van der Waals surface area contributed by atoms with E-state index in [1.807, 2.05) is 0 Å². The van der Waals surface area contributed by atoms with Gasteiger partial charge in [0, 0.05) is 42.4 Å². The third-order valence-corrected chi connectivity index (χ3v) is 8.91. The van der Waals surface area contributed by atoms with Gasteiger partial charge in [0.1, 0.15) is 0 Å². The van der Waals surface area contributed by atoms with Crippen molar-refractivity contribution >= 4 is 38.3 Å². The second kappa shape index (κ2) is 7.99. The molecule has 2 amide bonds. The number of carbonyl (C=O) groups excluding carboxylic acids is 2. The van der Waals surface area contributed by atoms with Crippen molar-refractivity contribution in [1.82, 2.24) is 14.2 Å². The molecule has 5 rings (SSSR count). The van der Waals surface area contributed by atoms with E-state index in [-0.39, 0.29) is 22.6 Å². The number of aromatic nitrogens is 1. The summed E-state index contributed by atoms with van der Waals surface area (Å²) in [7, 11) is -3.49. The third kappa shape index (κ3) is 4.11. The van der Waals surface area contributed by atoms with Gasteiger partial charge in [0.05, 0.1) is 17.1 Å². The zero-order chi connectivity index (χ0) is 21.6. The topological polar surface area (TPSA) is 99.7 Å². The van der Waals surface area contributed by atoms with Crippen LogP contribution in [0.1, 0.15) is 46.6 Å². The molecule has 0 atom stereocenters. The number of fused-ring (bicyclic) bond motifs is 1. The van der Waals surface area contributed by atoms with Gasteiger partial charge in [-0.25, -0.2) is 13.4 Å². The van der Waals surface area contributed by atoms with Gasteiger partial charge in [0.15, 0.2) is 5.13 Å². The van der Waals surface area contributed by atoms with Crippen molar-refractivity contribution in [2.75, 3.05) is 25.0 Å². The highest BCUT2D eigenvalue weighted by atomic mass is 32.2. The van der Waals surface area contributed by atoms with Gasteiger partial charge in [0.2, 0.25) is 15.9 Å². The second-order valence-corrected chi connectivity index (χ2v) is 11.3. The van der Waals surface area contributed by atoms with Crippen LogP contribution in [0.15, 0.2) is 29.2 Å². The first kappa shape index (κ1) is 20.6. The molecular weight excluding hydrogens is 436 g/mol. The lowest BCUT2D eigenvalue weighted by molar-refractivity contribution is -0.117. The molecule has 3 aliphatic rings. The lowest BCUT2D eigenvalue weighted by atomic mass is 10.1. The Balaban J connectivity index is 1.26. The molecule has 2 fully saturated rings. The van der Waals surface area contributed by atoms with Gasteiger partial charge in [-0.3, -0.25) is 9.59 Å². The molecule has 0 spiro atoms. The molecule has 164 valence electrons. The van der Waals surface area contributed by atoms with Crippen molar-refractivity contribution < 1.29 is 18.0 Å². The highest BCUT2D eigenvalue weighted by Crippen LogP contribution is 2.33. The number of carbonyl (C=O) groups is 2. The molecule has 0 radical (unpaired) electrons. The molecule has 1 saturated carbocycles. The number of hydrogen-bond donors (Lipinski definition) is 1. The quantitative estimate of drug-likeness (QED) is 0.739. The van der Waals surface area contributed by atoms with Gasteiger partial charge in [0.25, 0.3) is 5.91 Å². The van der Waals surface area contributed by atoms with Crippen molar-refractivity contribution in [3.63, 3.8) is 0 Å². The molecule has 10 heteroatoms. The van der Waals surface area contributed by atoms with Crippen LogP contribution in [-0.2, 0) is 27.8 Å². The lowest BCUT2D eigenvalue weighted by Gasteiger charge is -2.26. The summed E-state index contributed by atoms with van der Waals surface area (Å²) in [6, 6.07) is 6.23. The van der Waals surface area contributed by atoms with Crippen molar-refractivity contribution in [1.29, 1.82) is 0 Å². The Labute approximate surface area is 185 Å². The van der Waals surface area contributed by atoms with Crippen molar-refractivity contribution in [3.8, 4) is 0 Å². The van der Waals surface area contributed by atoms with E-state index in [2.05, 4.69) is 10.3 Å². The van der Waals surface area contributed by atoms with Crippen LogP contribution in [0.5, 0.6) is 0 Å². The van der Waals surface area contributed by atoms with Gasteiger partial charge < -0.3 is 10.2 Å². The summed E-state index contributed by atoms with van der Waals surface area (Å²) < 4.78 is 26.8. The van der Waals surface area contributed by atoms with Crippen LogP contribution in [0.25, 0.3) is 0 Å². The molecule has 1 aromatic carbocycles. The minimum atomic E-state index is -3.49. The number of benzene rings is 1. The number of rotatable bonds is 5. The monoisotopic (exact) mass is 460 g/mol. The molecule has 1 saturated heterocycles. The second-order valence-electron chi connectivity index (χ2n) is 8.26. The maximum absolute atomic E-state index is 13.0. The number of nitrogens with one attached hydrogen (secondary N) is 1. The van der Waals surface area contributed by atoms with Gasteiger partial charge in [-0.15, -0.1) is 0 Å². The van der Waals surface area contributed by atoms with Gasteiger partial charge >= 0.3 is 0 Å². The maximum Gasteiger partial charge on any atom is 0.254 e. The van der Waals surface area contributed by atoms with Gasteiger partial charge in [-0.1, -0.05) is 11.3 Å². The van der Waals surface area contributed by atoms with Crippen LogP contribution in [0.4, 0.5) is 5.13 Å². The maximum atomic E-state index is 13.0. The van der Waals surface area contributed by atoms with Gasteiger partial charge in [-0.2, -0.15) is 4.31 Å². The SMILES string of the molecule is O=C(Nc1nc2c(s1)CN(C(=O)c1ccc(S(=O)(=O)N3CCCC3)cc1)CC2)C1CC1. The minimum Gasteiger partial charge on any atom is -0.333 e. The van der Waals surface area contributed by atoms with E-state index in [0.717, 1.165) is 36.3 Å². The van der Waals surface area contributed by atoms with Gasteiger partial charge in [-0.05, 0) is 49.9 Å². The van der Waals surface area contributed by atoms with E-state index in [4.69, 9.17) is 0 Å². The number of anilines is 1. The predicted molar refractivity (Wildman–Crippen MR) is 116 cm³/mol. The zero-order valence-electron chi connectivity index (χ0n) is 17.0. The first-order valence-electron chi connectivity index (χ1n) is 10.6. The molecule has 31 heavy (non-hydrogen) atoms. The highest BCUT2D eigenvalue weighted by molar-refractivity contribution is 7.89. The van der Waals surface area contributed by atoms with E-state index < -0.39 is 10.0 Å². The number of amides is 2. The Morgan fingerprint density at radius 2 is 1.77 bits per heavy atom. The fraction of sp³-hybridized carbons (Fsp3) is 0.476. The molecule has 1 N–H and O–H groups in total. The summed E-state index contributed by atoms with van der Waals surface area (Å²) >= 11 is 1.42. The summed E-state index contributed by atoms with van der Waals surface area (Å²) in [4.78, 5) is 32.4. The van der Waals surface area contributed by atoms with Crippen LogP contribution >= 0.6 is 11.3 Å². The van der Waals surface area contributed by atoms with Crippen LogP contribution in [0.2, 0.25) is 0 Å². The molecular formula is C21H24N4O4S2. The molecule has 1 aliphatic carbocycles. The number of nitrogens with zero attached hydrogens (tertiary/aromatic N) is 3. The predicted octanol–water partition coefficient (Wildman–Crippen LogP) is 2.47. The lowest BCUT2D eigenvalue weighted by Crippen LogP contribution is -2.35. The molecule has 8 nitrogen and oxygen atoms in total. The van der Waals surface area contributed by atoms with Crippen LogP contribution in [0.3, 0.4) is 0 Å². The van der Waals surface area contributed by atoms with Crippen LogP contribution in [0, 0.1) is 5.92 Å². The van der Waals surface area contributed by atoms with Crippen LogP contribution < -0.4 is 5.32 Å². The molecule has 2 aromatic rings. The first-order valence-corrected chi connectivity index (χ1v) is 12.9. The van der Waals surface area contributed by atoms with Crippen molar-refractivity contribution in [2.24, 2.45) is 5.92 Å². The van der Waals surface area contributed by atoms with E-state index in [1.165, 1.54) is 27.8 Å². The fourth-order valence-corrected chi connectivity index (χ4v) is 6.55. The van der Waals surface area contributed by atoms with Crippen molar-refractivity contribution in [3.05, 3.63) is 40.4 Å². The Bertz CT molecular complexity index is 1120. The molecule has 2 aliphatic heterocycles. The van der Waals surface area contributed by atoms with E-state index in [9.17, 15) is 18.0 Å². The number of hydrogen-bond acceptors (Lipinski definition) is 6. The van der Waals surface area contributed by atoms with Crippen molar-refractivity contribution in [2.45, 2.75) is 43.5 Å². The Morgan fingerprint density at radius 1 is 1.06 bits per heavy atom. The molecule has 0 bridgehead atoms. The zero-order valence-corrected chi connectivity index (χ0v) is 18.7. The fourth-order valence-electron chi connectivity index (χ4n) is 4.00. The smallest absolute Gasteiger partial charge is 0.254 e. The summed E-state index contributed by atoms with van der Waals surface area (Å²) in [5.41, 5.74) is 1.41. The normalized spacial score (nSPS) is 19.3. The Kier molecular flexibility index (Phi) is 5.31. The standard InChI is InChI=1S/C21H24N4O4S2/c26-19(14-3-4-14)23-21-22-17-9-12-24(13-18(17)30-21)20(27)15-5-7-16(8-6-15)31(28,29)25-10-1-2-11-25/h5-8,14H,1-4,9-13H2,(H,22,23,26). The third-order valence-electron chi connectivity index (χ3n) is 6.00.